The predicted octanol–water partition coefficient (Wildman–Crippen LogP) is 13.3. The van der Waals surface area contributed by atoms with Gasteiger partial charge in [-0.25, -0.2) is 29.9 Å². The molecule has 0 amide bonds. The molecule has 0 radical (unpaired) electrons. The molecule has 7 nitrogen and oxygen atoms in total. The van der Waals surface area contributed by atoms with E-state index in [1.54, 1.807) is 0 Å². The maximum Gasteiger partial charge on any atom is 0.164 e. The maximum absolute atomic E-state index is 6.51. The Morgan fingerprint density at radius 1 is 0.246 bits per heavy atom. The van der Waals surface area contributed by atoms with Crippen molar-refractivity contribution in [3.8, 4) is 90.6 Å². The monoisotopic (exact) mass is 782 g/mol. The van der Waals surface area contributed by atoms with E-state index >= 15 is 0 Å². The Hall–Kier alpha value is -8.42. The third-order valence-electron chi connectivity index (χ3n) is 10.8. The number of fused-ring (bicyclic) bond motifs is 3. The molecule has 0 aliphatic carbocycles. The highest BCUT2D eigenvalue weighted by Crippen LogP contribution is 2.39. The Labute approximate surface area is 351 Å². The van der Waals surface area contributed by atoms with E-state index in [2.05, 4.69) is 72.8 Å². The van der Waals surface area contributed by atoms with Gasteiger partial charge < -0.3 is 4.42 Å². The van der Waals surface area contributed by atoms with Crippen molar-refractivity contribution in [3.63, 3.8) is 0 Å². The van der Waals surface area contributed by atoms with Crippen LogP contribution in [0.15, 0.2) is 211 Å². The fourth-order valence-corrected chi connectivity index (χ4v) is 7.78. The zero-order valence-electron chi connectivity index (χ0n) is 32.7. The molecule has 11 rings (SSSR count). The minimum absolute atomic E-state index is 0.543. The minimum atomic E-state index is 0.543. The predicted molar refractivity (Wildman–Crippen MR) is 244 cm³/mol. The third-order valence-corrected chi connectivity index (χ3v) is 10.8. The van der Waals surface area contributed by atoms with Crippen LogP contribution in [-0.4, -0.2) is 29.9 Å². The number of hydrogen-bond donors (Lipinski definition) is 0. The molecule has 7 heteroatoms. The molecule has 0 aliphatic heterocycles. The molecule has 0 saturated heterocycles. The van der Waals surface area contributed by atoms with Crippen LogP contribution in [0.1, 0.15) is 0 Å². The Morgan fingerprint density at radius 3 is 1.11 bits per heavy atom. The molecule has 3 aromatic heterocycles. The number of aromatic nitrogens is 6. The fourth-order valence-electron chi connectivity index (χ4n) is 7.78. The molecule has 11 aromatic rings. The van der Waals surface area contributed by atoms with Gasteiger partial charge in [0.05, 0.1) is 0 Å². The molecular weight excluding hydrogens is 749 g/mol. The van der Waals surface area contributed by atoms with Gasteiger partial charge >= 0.3 is 0 Å². The maximum atomic E-state index is 6.51. The molecule has 0 unspecified atom stereocenters. The standard InChI is InChI=1S/C54H34N6O/c1-6-17-35(18-7-1)41-31-42(36-19-8-2-9-20-36)33-43(32-41)53-57-49(37-21-10-3-11-22-37)56-52(58-53)40-29-30-46-45(34-40)48-44(27-16-28-47(48)61-46)54-59-50(38-23-12-4-13-24-38)55-51(60-54)39-25-14-5-15-26-39/h1-34H. The molecule has 0 saturated carbocycles. The van der Waals surface area contributed by atoms with Crippen LogP contribution in [0.2, 0.25) is 0 Å². The number of rotatable bonds is 8. The summed E-state index contributed by atoms with van der Waals surface area (Å²) >= 11 is 0. The summed E-state index contributed by atoms with van der Waals surface area (Å²) in [6, 6.07) is 69.5. The molecule has 0 fully saturated rings. The van der Waals surface area contributed by atoms with E-state index in [4.69, 9.17) is 34.3 Å². The number of hydrogen-bond acceptors (Lipinski definition) is 7. The molecule has 0 N–H and O–H groups in total. The number of furan rings is 1. The summed E-state index contributed by atoms with van der Waals surface area (Å²) in [5.74, 6) is 3.43. The summed E-state index contributed by atoms with van der Waals surface area (Å²) in [6.45, 7) is 0. The Morgan fingerprint density at radius 2 is 0.639 bits per heavy atom. The second-order valence-corrected chi connectivity index (χ2v) is 14.7. The van der Waals surface area contributed by atoms with Gasteiger partial charge in [-0.1, -0.05) is 164 Å². The van der Waals surface area contributed by atoms with Gasteiger partial charge in [-0.15, -0.1) is 0 Å². The van der Waals surface area contributed by atoms with Crippen molar-refractivity contribution in [2.24, 2.45) is 0 Å². The van der Waals surface area contributed by atoms with E-state index in [0.29, 0.717) is 34.9 Å². The van der Waals surface area contributed by atoms with Gasteiger partial charge in [0.25, 0.3) is 0 Å². The summed E-state index contributed by atoms with van der Waals surface area (Å²) in [5.41, 5.74) is 11.0. The van der Waals surface area contributed by atoms with Crippen molar-refractivity contribution >= 4 is 21.9 Å². The van der Waals surface area contributed by atoms with E-state index in [1.165, 1.54) is 0 Å². The van der Waals surface area contributed by atoms with Crippen LogP contribution in [0.3, 0.4) is 0 Å². The lowest BCUT2D eigenvalue weighted by molar-refractivity contribution is 0.669. The minimum Gasteiger partial charge on any atom is -0.456 e. The first-order chi connectivity index (χ1) is 30.2. The fraction of sp³-hybridized carbons (Fsp3) is 0. The van der Waals surface area contributed by atoms with E-state index in [0.717, 1.165) is 77.6 Å². The lowest BCUT2D eigenvalue weighted by atomic mass is 9.96. The molecule has 8 aromatic carbocycles. The number of nitrogens with zero attached hydrogens (tertiary/aromatic N) is 6. The third kappa shape index (κ3) is 7.00. The van der Waals surface area contributed by atoms with E-state index in [9.17, 15) is 0 Å². The highest BCUT2D eigenvalue weighted by molar-refractivity contribution is 6.12. The van der Waals surface area contributed by atoms with Gasteiger partial charge in [-0.2, -0.15) is 0 Å². The zero-order chi connectivity index (χ0) is 40.5. The van der Waals surface area contributed by atoms with E-state index in [1.807, 2.05) is 133 Å². The molecule has 286 valence electrons. The highest BCUT2D eigenvalue weighted by atomic mass is 16.3. The lowest BCUT2D eigenvalue weighted by Crippen LogP contribution is -2.01. The van der Waals surface area contributed by atoms with E-state index < -0.39 is 0 Å². The molecule has 61 heavy (non-hydrogen) atoms. The van der Waals surface area contributed by atoms with Gasteiger partial charge in [-0.05, 0) is 64.7 Å². The Kier molecular flexibility index (Phi) is 9.02. The van der Waals surface area contributed by atoms with Crippen LogP contribution in [0.25, 0.3) is 113 Å². The average molecular weight is 783 g/mol. The second kappa shape index (κ2) is 15.4. The van der Waals surface area contributed by atoms with Crippen LogP contribution in [0, 0.1) is 0 Å². The van der Waals surface area contributed by atoms with Gasteiger partial charge in [0.15, 0.2) is 34.9 Å². The van der Waals surface area contributed by atoms with Crippen molar-refractivity contribution in [1.82, 2.24) is 29.9 Å². The first kappa shape index (κ1) is 35.7. The summed E-state index contributed by atoms with van der Waals surface area (Å²) in [5, 5.41) is 1.79. The van der Waals surface area contributed by atoms with Gasteiger partial charge in [-0.3, -0.25) is 0 Å². The SMILES string of the molecule is c1ccc(-c2cc(-c3ccccc3)cc(-c3nc(-c4ccccc4)nc(-c4ccc5oc6cccc(-c7nc(-c8ccccc8)nc(-c8ccccc8)n7)c6c5c4)n3)c2)cc1. The summed E-state index contributed by atoms with van der Waals surface area (Å²) in [6.07, 6.45) is 0. The smallest absolute Gasteiger partial charge is 0.164 e. The zero-order valence-corrected chi connectivity index (χ0v) is 32.7. The molecule has 0 bridgehead atoms. The van der Waals surface area contributed by atoms with Crippen molar-refractivity contribution in [3.05, 3.63) is 206 Å². The van der Waals surface area contributed by atoms with Crippen molar-refractivity contribution in [2.45, 2.75) is 0 Å². The second-order valence-electron chi connectivity index (χ2n) is 14.7. The van der Waals surface area contributed by atoms with E-state index in [-0.39, 0.29) is 0 Å². The van der Waals surface area contributed by atoms with Gasteiger partial charge in [0.2, 0.25) is 0 Å². The average Bonchev–Trinajstić information content (AvgIpc) is 3.73. The molecule has 0 atom stereocenters. The molecular formula is C54H34N6O. The molecule has 0 aliphatic rings. The van der Waals surface area contributed by atoms with Crippen molar-refractivity contribution in [1.29, 1.82) is 0 Å². The van der Waals surface area contributed by atoms with Crippen LogP contribution in [0.5, 0.6) is 0 Å². The van der Waals surface area contributed by atoms with Crippen molar-refractivity contribution < 1.29 is 4.42 Å². The largest absolute Gasteiger partial charge is 0.456 e. The Balaban J connectivity index is 1.10. The lowest BCUT2D eigenvalue weighted by Gasteiger charge is -2.12. The van der Waals surface area contributed by atoms with Crippen LogP contribution in [0.4, 0.5) is 0 Å². The topological polar surface area (TPSA) is 90.5 Å². The van der Waals surface area contributed by atoms with Gasteiger partial charge in [0.1, 0.15) is 11.2 Å². The normalized spacial score (nSPS) is 11.3. The summed E-state index contributed by atoms with van der Waals surface area (Å²) < 4.78 is 6.51. The van der Waals surface area contributed by atoms with Gasteiger partial charge in [0, 0.05) is 44.2 Å². The number of benzene rings is 8. The van der Waals surface area contributed by atoms with Crippen molar-refractivity contribution in [2.75, 3.05) is 0 Å². The molecule has 0 spiro atoms. The Bertz CT molecular complexity index is 3220. The van der Waals surface area contributed by atoms with Crippen LogP contribution < -0.4 is 0 Å². The summed E-state index contributed by atoms with van der Waals surface area (Å²) in [7, 11) is 0. The highest BCUT2D eigenvalue weighted by Gasteiger charge is 2.20. The quantitative estimate of drug-likeness (QED) is 0.152. The first-order valence-electron chi connectivity index (χ1n) is 20.1. The van der Waals surface area contributed by atoms with Crippen LogP contribution >= 0.6 is 0 Å². The summed E-state index contributed by atoms with van der Waals surface area (Å²) in [4.78, 5) is 30.5. The first-order valence-corrected chi connectivity index (χ1v) is 20.1. The molecule has 3 heterocycles. The van der Waals surface area contributed by atoms with Crippen LogP contribution in [-0.2, 0) is 0 Å².